The molecule has 18 atom stereocenters. The SMILES string of the molecule is C.Cc1nc(N(C)C)c2ncn([C@@H]3O[C@H](CO[P@@](=O)(N[C@@H](C)C(=O)OCC(C)(C)C)Oc4cccc5ccccc45)[C@@H](O)[C@@]3(C)F)c2n1.Cc1nc(N(C)C)c2ncn([C@@H]3O[C@H](CO[P@@](=O)(N[C@H](C)C(=O)OCC(C)(C)C)Oc4cccc5ccccc45)[C@@H](O)[C@@]3(C)F)c2n1.Cc1nc(N(C)C)c2ncn([C@@H]3O[C@H](CO[P@](=O)(N[C@H](C)C(=O)OCC(C)(C)C)Oc4cccc5ccccc45)[C@@H](O)[C@@]3(C)F)c2n1. The number of nitrogens with one attached hydrogen (secondary N) is 3. The zero-order valence-electron chi connectivity index (χ0n) is 83.4. The molecule has 6 N–H and O–H groups in total. The number of carbonyl (C=O) groups is 3. The number of rotatable bonds is 33. The molecule has 142 heavy (non-hydrogen) atoms. The summed E-state index contributed by atoms with van der Waals surface area (Å²) < 4.78 is 166. The first-order valence-corrected chi connectivity index (χ1v) is 50.4. The van der Waals surface area contributed by atoms with Crippen molar-refractivity contribution < 1.29 is 112 Å². The fourth-order valence-corrected chi connectivity index (χ4v) is 20.2. The highest BCUT2D eigenvalue weighted by Crippen LogP contribution is 2.54. The minimum atomic E-state index is -4.39. The van der Waals surface area contributed by atoms with Gasteiger partial charge in [0.2, 0.25) is 0 Å². The summed E-state index contributed by atoms with van der Waals surface area (Å²) in [5, 5.41) is 45.8. The number of carbonyl (C=O) groups excluding carboxylic acids is 3. The number of aromatic nitrogens is 12. The molecule has 3 saturated heterocycles. The maximum absolute atomic E-state index is 16.3. The highest BCUT2D eigenvalue weighted by atomic mass is 31.2. The van der Waals surface area contributed by atoms with Gasteiger partial charge in [0, 0.05) is 58.4 Å². The van der Waals surface area contributed by atoms with Crippen LogP contribution in [0, 0.1) is 37.0 Å². The van der Waals surface area contributed by atoms with E-state index in [1.54, 1.807) is 151 Å². The van der Waals surface area contributed by atoms with Crippen molar-refractivity contribution in [1.82, 2.24) is 73.8 Å². The molecule has 0 unspecified atom stereocenters. The highest BCUT2D eigenvalue weighted by Gasteiger charge is 2.59. The second kappa shape index (κ2) is 43.5. The van der Waals surface area contributed by atoms with E-state index in [4.69, 9.17) is 55.6 Å². The van der Waals surface area contributed by atoms with Crippen molar-refractivity contribution in [3.8, 4) is 17.2 Å². The molecule has 3 fully saturated rings. The van der Waals surface area contributed by atoms with Crippen LogP contribution in [0.1, 0.15) is 147 Å². The molecule has 0 aliphatic carbocycles. The average molecular weight is 2030 g/mol. The largest absolute Gasteiger partial charge is 0.464 e. The van der Waals surface area contributed by atoms with Crippen molar-refractivity contribution >= 4 is 124 Å². The summed E-state index contributed by atoms with van der Waals surface area (Å²) in [4.78, 5) is 83.7. The van der Waals surface area contributed by atoms with Gasteiger partial charge in [0.25, 0.3) is 0 Å². The quantitative estimate of drug-likeness (QED) is 0.0126. The third kappa shape index (κ3) is 25.3. The minimum Gasteiger partial charge on any atom is -0.464 e. The van der Waals surface area contributed by atoms with E-state index in [9.17, 15) is 43.4 Å². The van der Waals surface area contributed by atoms with Gasteiger partial charge in [-0.25, -0.2) is 71.7 Å². The molecule has 0 saturated carbocycles. The Kier molecular flexibility index (Phi) is 33.6. The van der Waals surface area contributed by atoms with E-state index in [0.717, 1.165) is 16.2 Å². The van der Waals surface area contributed by atoms with Crippen LogP contribution in [0.15, 0.2) is 146 Å². The molecule has 0 amide bonds. The number of aliphatic hydroxyl groups excluding tert-OH is 3. The first kappa shape index (κ1) is 110. The average Bonchev–Trinajstić information content (AvgIpc) is 1.60. The monoisotopic (exact) mass is 2030 g/mol. The fraction of sp³-hybridized carbons (Fsp3) is 0.505. The maximum atomic E-state index is 16.3. The fourth-order valence-electron chi connectivity index (χ4n) is 15.6. The zero-order valence-corrected chi connectivity index (χ0v) is 86.1. The molecule has 0 bridgehead atoms. The summed E-state index contributed by atoms with van der Waals surface area (Å²) in [7, 11) is -2.34. The van der Waals surface area contributed by atoms with E-state index in [1.165, 1.54) is 74.2 Å². The number of halogens is 3. The van der Waals surface area contributed by atoms with Gasteiger partial charge in [-0.2, -0.15) is 15.3 Å². The number of hydrogen-bond donors (Lipinski definition) is 6. The molecule has 770 valence electrons. The Morgan fingerprint density at radius 2 is 0.641 bits per heavy atom. The van der Waals surface area contributed by atoms with Crippen LogP contribution in [0.4, 0.5) is 30.6 Å². The summed E-state index contributed by atoms with van der Waals surface area (Å²) in [6.07, 6.45) is -8.95. The molecule has 45 heteroatoms. The molecule has 6 aromatic carbocycles. The number of esters is 3. The van der Waals surface area contributed by atoms with Crippen molar-refractivity contribution in [3.05, 3.63) is 164 Å². The lowest BCUT2D eigenvalue weighted by Crippen LogP contribution is -2.41. The number of aryl methyl sites for hydroxylation is 3. The molecule has 0 spiro atoms. The van der Waals surface area contributed by atoms with E-state index in [0.29, 0.717) is 84.6 Å². The van der Waals surface area contributed by atoms with Crippen molar-refractivity contribution in [2.45, 2.75) is 222 Å². The molecule has 12 aromatic rings. The number of benzene rings is 6. The van der Waals surface area contributed by atoms with Crippen LogP contribution in [-0.2, 0) is 70.1 Å². The summed E-state index contributed by atoms with van der Waals surface area (Å²) in [5.74, 6) is 1.62. The number of hydrogen-bond acceptors (Lipinski definition) is 33. The number of alkyl halides is 3. The Morgan fingerprint density at radius 3 is 0.873 bits per heavy atom. The van der Waals surface area contributed by atoms with Gasteiger partial charge in [-0.15, -0.1) is 0 Å². The van der Waals surface area contributed by atoms with Crippen LogP contribution < -0.4 is 43.5 Å². The molecule has 6 aromatic heterocycles. The topological polar surface area (TPSA) is 450 Å². The molecule has 9 heterocycles. The lowest BCUT2D eigenvalue weighted by molar-refractivity contribution is -0.148. The van der Waals surface area contributed by atoms with Crippen LogP contribution in [0.2, 0.25) is 0 Å². The number of fused-ring (bicyclic) bond motifs is 6. The van der Waals surface area contributed by atoms with E-state index >= 15 is 13.2 Å². The zero-order chi connectivity index (χ0) is 103. The van der Waals surface area contributed by atoms with Gasteiger partial charge in [0.05, 0.1) is 58.6 Å². The first-order chi connectivity index (χ1) is 66.0. The van der Waals surface area contributed by atoms with Crippen LogP contribution in [-0.4, -0.2) is 245 Å². The molecule has 3 aliphatic heterocycles. The summed E-state index contributed by atoms with van der Waals surface area (Å²) in [5.41, 5.74) is -5.64. The standard InChI is InChI=1S/3C32H42FN6O7P.CH4/c3*1-19(29(41)43-17-31(3,4)5)37-47(42,46-23-15-11-13-21-12-9-10-14-22(21)23)44-16-24-26(40)32(6,33)30(45-24)39-18-34-25-27(38(7)8)35-20(2)36-28(25)39;/h3*9-15,18-19,24,26,30,40H,16-17H2,1-8H3,(H,37,42);1H4/t19-,24+,26+,30+,32+,47-;19-,24-,26-,30-,32-,47+;19-,24-,26-,30-,32-,47-;/m011./s1. The normalized spacial score (nSPS) is 23.3. The van der Waals surface area contributed by atoms with Crippen molar-refractivity contribution in [2.75, 3.05) is 96.6 Å². The van der Waals surface area contributed by atoms with Crippen LogP contribution in [0.25, 0.3) is 65.8 Å². The number of nitrogens with zero attached hydrogens (tertiary/aromatic N) is 15. The smallest absolute Gasteiger partial charge is 0.459 e. The van der Waals surface area contributed by atoms with Crippen molar-refractivity contribution in [1.29, 1.82) is 0 Å². The van der Waals surface area contributed by atoms with E-state index < -0.39 is 151 Å². The first-order valence-electron chi connectivity index (χ1n) is 45.8. The van der Waals surface area contributed by atoms with Gasteiger partial charge < -0.3 is 72.0 Å². The van der Waals surface area contributed by atoms with Crippen LogP contribution >= 0.6 is 23.2 Å². The lowest BCUT2D eigenvalue weighted by atomic mass is 9.98. The number of aliphatic hydroxyl groups is 3. The number of ether oxygens (including phenoxy) is 6. The number of anilines is 3. The minimum absolute atomic E-state index is 0. The Balaban J connectivity index is 0.000000190. The van der Waals surface area contributed by atoms with Gasteiger partial charge >= 0.3 is 41.1 Å². The van der Waals surface area contributed by atoms with Gasteiger partial charge in [0.15, 0.2) is 86.6 Å². The van der Waals surface area contributed by atoms with Gasteiger partial charge in [-0.1, -0.05) is 179 Å². The third-order valence-corrected chi connectivity index (χ3v) is 27.8. The molecular formula is C97H130F3N18O21P3. The highest BCUT2D eigenvalue weighted by molar-refractivity contribution is 7.52. The number of imidazole rings is 3. The van der Waals surface area contributed by atoms with E-state index in [-0.39, 0.29) is 60.7 Å². The van der Waals surface area contributed by atoms with Gasteiger partial charge in [0.1, 0.15) is 89.5 Å². The van der Waals surface area contributed by atoms with E-state index in [2.05, 4.69) is 60.1 Å². The molecule has 15 rings (SSSR count). The molecular weight excluding hydrogens is 1900 g/mol. The second-order valence-corrected chi connectivity index (χ2v) is 45.0. The Labute approximate surface area is 822 Å². The third-order valence-electron chi connectivity index (χ3n) is 22.9. The molecule has 39 nitrogen and oxygen atoms in total. The summed E-state index contributed by atoms with van der Waals surface area (Å²) >= 11 is 0. The van der Waals surface area contributed by atoms with Gasteiger partial charge in [-0.3, -0.25) is 41.7 Å². The predicted octanol–water partition coefficient (Wildman–Crippen LogP) is 16.0. The Morgan fingerprint density at radius 1 is 0.408 bits per heavy atom. The molecule has 3 aliphatic rings. The molecule has 0 radical (unpaired) electrons. The Hall–Kier alpha value is -11.0. The van der Waals surface area contributed by atoms with Crippen LogP contribution in [0.3, 0.4) is 0 Å². The van der Waals surface area contributed by atoms with E-state index in [1.807, 2.05) is 117 Å². The lowest BCUT2D eigenvalue weighted by Gasteiger charge is -2.26. The van der Waals surface area contributed by atoms with Gasteiger partial charge in [-0.05, 0) is 113 Å². The van der Waals surface area contributed by atoms with Crippen molar-refractivity contribution in [3.63, 3.8) is 0 Å². The maximum Gasteiger partial charge on any atom is 0.459 e. The summed E-state index contributed by atoms with van der Waals surface area (Å²) in [6, 6.07) is 34.3. The summed E-state index contributed by atoms with van der Waals surface area (Å²) in [6.45, 7) is 29.1. The van der Waals surface area contributed by atoms with Crippen molar-refractivity contribution in [2.24, 2.45) is 16.2 Å². The second-order valence-electron chi connectivity index (χ2n) is 40.0. The Bertz CT molecular complexity index is 6040. The predicted molar refractivity (Wildman–Crippen MR) is 532 cm³/mol. The van der Waals surface area contributed by atoms with Crippen LogP contribution in [0.5, 0.6) is 17.2 Å².